The number of hydrogen-bond donors (Lipinski definition) is 0. The molecule has 0 saturated heterocycles. The molecule has 6 nitrogen and oxygen atoms in total. The number of hydrogen-bond acceptors (Lipinski definition) is 6. The van der Waals surface area contributed by atoms with Crippen LogP contribution in [0.5, 0.6) is 11.5 Å². The number of sulfonamides is 1. The van der Waals surface area contributed by atoms with Gasteiger partial charge in [-0.1, -0.05) is 25.1 Å². The molecule has 0 bridgehead atoms. The summed E-state index contributed by atoms with van der Waals surface area (Å²) in [5.74, 6) is 1.40. The van der Waals surface area contributed by atoms with E-state index in [1.807, 2.05) is 42.6 Å². The molecule has 0 spiro atoms. The molecule has 0 aliphatic heterocycles. The molecule has 0 saturated carbocycles. The quantitative estimate of drug-likeness (QED) is 0.477. The molecule has 8 heteroatoms. The van der Waals surface area contributed by atoms with E-state index in [2.05, 4.69) is 4.98 Å². The number of aromatic nitrogens is 1. The third-order valence-electron chi connectivity index (χ3n) is 4.21. The summed E-state index contributed by atoms with van der Waals surface area (Å²) in [7, 11) is -2.07. The van der Waals surface area contributed by atoms with E-state index in [0.29, 0.717) is 31.0 Å². The molecule has 29 heavy (non-hydrogen) atoms. The first-order valence-electron chi connectivity index (χ1n) is 9.28. The Labute approximate surface area is 175 Å². The molecule has 3 aromatic rings. The van der Waals surface area contributed by atoms with E-state index >= 15 is 0 Å². The third-order valence-corrected chi connectivity index (χ3v) is 6.94. The molecule has 0 fully saturated rings. The van der Waals surface area contributed by atoms with Crippen LogP contribution in [0.25, 0.3) is 0 Å². The lowest BCUT2D eigenvalue weighted by Gasteiger charge is -2.21. The minimum absolute atomic E-state index is 0.226. The lowest BCUT2D eigenvalue weighted by molar-refractivity contribution is 0.305. The van der Waals surface area contributed by atoms with Crippen molar-refractivity contribution in [1.82, 2.24) is 9.29 Å². The van der Waals surface area contributed by atoms with E-state index < -0.39 is 10.0 Å². The van der Waals surface area contributed by atoms with Gasteiger partial charge in [-0.05, 0) is 42.8 Å². The topological polar surface area (TPSA) is 68.7 Å². The van der Waals surface area contributed by atoms with Crippen molar-refractivity contribution in [3.8, 4) is 11.5 Å². The molecule has 0 atom stereocenters. The Kier molecular flexibility index (Phi) is 7.24. The van der Waals surface area contributed by atoms with Gasteiger partial charge in [0.1, 0.15) is 23.1 Å². The summed E-state index contributed by atoms with van der Waals surface area (Å²) in [6.07, 6.45) is 0.712. The number of ether oxygens (including phenoxy) is 2. The third kappa shape index (κ3) is 5.56. The summed E-state index contributed by atoms with van der Waals surface area (Å²) in [5, 5.41) is 2.69. The summed E-state index contributed by atoms with van der Waals surface area (Å²) in [6.45, 7) is 2.95. The molecule has 0 radical (unpaired) electrons. The normalized spacial score (nSPS) is 11.6. The highest BCUT2D eigenvalue weighted by Crippen LogP contribution is 2.22. The Bertz CT molecular complexity index is 1000. The van der Waals surface area contributed by atoms with Crippen molar-refractivity contribution in [2.24, 2.45) is 0 Å². The van der Waals surface area contributed by atoms with Crippen LogP contribution in [0.3, 0.4) is 0 Å². The van der Waals surface area contributed by atoms with Gasteiger partial charge in [0.2, 0.25) is 10.0 Å². The molecule has 0 unspecified atom stereocenters. The Morgan fingerprint density at radius 2 is 1.76 bits per heavy atom. The van der Waals surface area contributed by atoms with E-state index in [4.69, 9.17) is 9.47 Å². The fraction of sp³-hybridized carbons (Fsp3) is 0.286. The minimum Gasteiger partial charge on any atom is -0.497 e. The number of rotatable bonds is 10. The minimum atomic E-state index is -3.62. The highest BCUT2D eigenvalue weighted by molar-refractivity contribution is 7.89. The molecule has 1 heterocycles. The molecule has 0 amide bonds. The zero-order valence-electron chi connectivity index (χ0n) is 16.4. The van der Waals surface area contributed by atoms with Crippen LogP contribution in [0, 0.1) is 0 Å². The first-order valence-corrected chi connectivity index (χ1v) is 11.6. The number of methoxy groups -OCH3 is 1. The van der Waals surface area contributed by atoms with Crippen LogP contribution in [0.1, 0.15) is 24.0 Å². The first-order chi connectivity index (χ1) is 14.0. The predicted octanol–water partition coefficient (Wildman–Crippen LogP) is 4.33. The molecule has 0 aliphatic rings. The van der Waals surface area contributed by atoms with Crippen molar-refractivity contribution >= 4 is 21.4 Å². The Morgan fingerprint density at radius 1 is 1.03 bits per heavy atom. The zero-order valence-corrected chi connectivity index (χ0v) is 18.1. The lowest BCUT2D eigenvalue weighted by atomic mass is 10.3. The van der Waals surface area contributed by atoms with Crippen LogP contribution >= 0.6 is 11.3 Å². The van der Waals surface area contributed by atoms with Crippen molar-refractivity contribution in [3.63, 3.8) is 0 Å². The number of para-hydroxylation sites is 1. The van der Waals surface area contributed by atoms with Crippen molar-refractivity contribution < 1.29 is 17.9 Å². The molecular weight excluding hydrogens is 408 g/mol. The van der Waals surface area contributed by atoms with E-state index in [0.717, 1.165) is 10.8 Å². The molecule has 0 aliphatic carbocycles. The van der Waals surface area contributed by atoms with Crippen molar-refractivity contribution in [2.45, 2.75) is 31.4 Å². The van der Waals surface area contributed by atoms with Crippen LogP contribution in [0.15, 0.2) is 64.9 Å². The molecule has 0 N–H and O–H groups in total. The zero-order chi connectivity index (χ0) is 20.7. The second-order valence-corrected chi connectivity index (χ2v) is 9.23. The summed E-state index contributed by atoms with van der Waals surface area (Å²) < 4.78 is 38.5. The van der Waals surface area contributed by atoms with Crippen LogP contribution < -0.4 is 9.47 Å². The van der Waals surface area contributed by atoms with Gasteiger partial charge in [0.25, 0.3) is 0 Å². The van der Waals surface area contributed by atoms with Gasteiger partial charge in [0, 0.05) is 11.9 Å². The van der Waals surface area contributed by atoms with Gasteiger partial charge in [0.05, 0.1) is 24.2 Å². The van der Waals surface area contributed by atoms with Gasteiger partial charge in [0.15, 0.2) is 0 Å². The van der Waals surface area contributed by atoms with Gasteiger partial charge in [-0.2, -0.15) is 4.31 Å². The maximum absolute atomic E-state index is 13.1. The molecule has 3 rings (SSSR count). The second kappa shape index (κ2) is 9.87. The fourth-order valence-corrected chi connectivity index (χ4v) is 4.96. The SMILES string of the molecule is CCCN(Cc1csc(COc2ccccc2)n1)S(=O)(=O)c1ccc(OC)cc1. The average molecular weight is 433 g/mol. The Hall–Kier alpha value is -2.42. The Morgan fingerprint density at radius 3 is 2.41 bits per heavy atom. The van der Waals surface area contributed by atoms with Gasteiger partial charge in [-0.15, -0.1) is 11.3 Å². The molecule has 1 aromatic heterocycles. The monoisotopic (exact) mass is 432 g/mol. The van der Waals surface area contributed by atoms with Crippen molar-refractivity contribution in [3.05, 3.63) is 70.7 Å². The molecular formula is C21H24N2O4S2. The Balaban J connectivity index is 1.70. The van der Waals surface area contributed by atoms with Crippen molar-refractivity contribution in [1.29, 1.82) is 0 Å². The summed E-state index contributed by atoms with van der Waals surface area (Å²) >= 11 is 1.47. The summed E-state index contributed by atoms with van der Waals surface area (Å²) in [6, 6.07) is 16.0. The number of thiazole rings is 1. The average Bonchev–Trinajstić information content (AvgIpc) is 3.20. The number of benzene rings is 2. The van der Waals surface area contributed by atoms with Crippen LogP contribution in [-0.4, -0.2) is 31.4 Å². The smallest absolute Gasteiger partial charge is 0.243 e. The molecule has 2 aromatic carbocycles. The van der Waals surface area contributed by atoms with Gasteiger partial charge in [-0.25, -0.2) is 13.4 Å². The highest BCUT2D eigenvalue weighted by Gasteiger charge is 2.25. The molecule has 154 valence electrons. The summed E-state index contributed by atoms with van der Waals surface area (Å²) in [4.78, 5) is 4.79. The highest BCUT2D eigenvalue weighted by atomic mass is 32.2. The van der Waals surface area contributed by atoms with Crippen LogP contribution in [0.4, 0.5) is 0 Å². The second-order valence-electron chi connectivity index (χ2n) is 6.35. The van der Waals surface area contributed by atoms with Crippen LogP contribution in [0.2, 0.25) is 0 Å². The van der Waals surface area contributed by atoms with Gasteiger partial charge >= 0.3 is 0 Å². The first kappa shape index (κ1) is 21.3. The maximum Gasteiger partial charge on any atom is 0.243 e. The standard InChI is InChI=1S/C21H24N2O4S2/c1-3-13-23(29(24,25)20-11-9-18(26-2)10-12-20)14-17-16-28-21(22-17)15-27-19-7-5-4-6-8-19/h4-12,16H,3,13-15H2,1-2H3. The van der Waals surface area contributed by atoms with E-state index in [1.165, 1.54) is 15.6 Å². The van der Waals surface area contributed by atoms with E-state index in [-0.39, 0.29) is 11.4 Å². The summed E-state index contributed by atoms with van der Waals surface area (Å²) in [5.41, 5.74) is 0.715. The van der Waals surface area contributed by atoms with Crippen molar-refractivity contribution in [2.75, 3.05) is 13.7 Å². The van der Waals surface area contributed by atoms with E-state index in [1.54, 1.807) is 31.4 Å². The van der Waals surface area contributed by atoms with E-state index in [9.17, 15) is 8.42 Å². The van der Waals surface area contributed by atoms with Crippen LogP contribution in [-0.2, 0) is 23.2 Å². The fourth-order valence-electron chi connectivity index (χ4n) is 2.76. The maximum atomic E-state index is 13.1. The predicted molar refractivity (Wildman–Crippen MR) is 114 cm³/mol. The lowest BCUT2D eigenvalue weighted by Crippen LogP contribution is -2.31. The van der Waals surface area contributed by atoms with Gasteiger partial charge in [-0.3, -0.25) is 0 Å². The largest absolute Gasteiger partial charge is 0.497 e. The van der Waals surface area contributed by atoms with Gasteiger partial charge < -0.3 is 9.47 Å². The number of nitrogens with zero attached hydrogens (tertiary/aromatic N) is 2.